The minimum atomic E-state index is 0. The van der Waals surface area contributed by atoms with Gasteiger partial charge in [-0.1, -0.05) is 89.0 Å². The molecule has 0 spiro atoms. The highest BCUT2D eigenvalue weighted by atomic mass is 35.5. The smallest absolute Gasteiger partial charge is 0.132 e. The predicted octanol–water partition coefficient (Wildman–Crippen LogP) is 3.53. The zero-order valence-electron chi connectivity index (χ0n) is 15.6. The largest absolute Gasteiger partial charge is 1.00 e. The van der Waals surface area contributed by atoms with Crippen LogP contribution in [0.2, 0.25) is 0 Å². The van der Waals surface area contributed by atoms with E-state index in [9.17, 15) is 0 Å². The molecule has 0 N–H and O–H groups in total. The van der Waals surface area contributed by atoms with Crippen LogP contribution in [0.3, 0.4) is 0 Å². The van der Waals surface area contributed by atoms with E-state index >= 15 is 0 Å². The van der Waals surface area contributed by atoms with Gasteiger partial charge in [0.05, 0.1) is 12.5 Å². The highest BCUT2D eigenvalue weighted by Crippen LogP contribution is 2.17. The third-order valence-electron chi connectivity index (χ3n) is 4.36. The third-order valence-corrected chi connectivity index (χ3v) is 5.25. The maximum atomic E-state index is 2.34. The van der Waals surface area contributed by atoms with E-state index in [4.69, 9.17) is 0 Å². The van der Waals surface area contributed by atoms with E-state index in [-0.39, 0.29) is 12.4 Å². The molecule has 1 aromatic rings. The van der Waals surface area contributed by atoms with Gasteiger partial charge in [0.25, 0.3) is 0 Å². The number of hydrogen-bond donors (Lipinski definition) is 0. The minimum absolute atomic E-state index is 0. The van der Waals surface area contributed by atoms with E-state index in [1.807, 2.05) is 0 Å². The molecule has 134 valence electrons. The summed E-state index contributed by atoms with van der Waals surface area (Å²) in [6.07, 6.45) is 20.2. The Morgan fingerprint density at radius 1 is 0.696 bits per heavy atom. The van der Waals surface area contributed by atoms with Gasteiger partial charge in [-0.05, 0) is 29.3 Å². The molecule has 0 aliphatic rings. The van der Waals surface area contributed by atoms with Crippen molar-refractivity contribution in [2.24, 2.45) is 0 Å². The van der Waals surface area contributed by atoms with Crippen LogP contribution in [0, 0.1) is 0 Å². The Bertz CT molecular complexity index is 376. The maximum absolute atomic E-state index is 2.34. The van der Waals surface area contributed by atoms with Crippen molar-refractivity contribution < 1.29 is 12.4 Å². The summed E-state index contributed by atoms with van der Waals surface area (Å²) in [5.41, 5.74) is 3.19. The Balaban J connectivity index is 0.00000484. The average Bonchev–Trinajstić information content (AvgIpc) is 2.50. The van der Waals surface area contributed by atoms with Gasteiger partial charge >= 0.3 is 0 Å². The summed E-state index contributed by atoms with van der Waals surface area (Å²) in [6, 6.07) is 9.08. The van der Waals surface area contributed by atoms with Crippen molar-refractivity contribution in [3.05, 3.63) is 35.4 Å². The maximum Gasteiger partial charge on any atom is 0.132 e. The van der Waals surface area contributed by atoms with Crippen molar-refractivity contribution in [2.45, 2.75) is 83.3 Å². The van der Waals surface area contributed by atoms with Gasteiger partial charge in [-0.2, -0.15) is 0 Å². The Morgan fingerprint density at radius 3 is 1.70 bits per heavy atom. The van der Waals surface area contributed by atoms with Crippen LogP contribution in [-0.2, 0) is 23.1 Å². The first kappa shape index (κ1) is 22.9. The molecule has 0 saturated carbocycles. The number of benzene rings is 1. The van der Waals surface area contributed by atoms with Gasteiger partial charge in [-0.3, -0.25) is 0 Å². The lowest BCUT2D eigenvalue weighted by Crippen LogP contribution is -3.00. The van der Waals surface area contributed by atoms with Crippen molar-refractivity contribution in [1.29, 1.82) is 0 Å². The number of unbranched alkanes of at least 4 members (excludes halogenated alkanes) is 9. The summed E-state index contributed by atoms with van der Waals surface area (Å²) in [5.74, 6) is 1.26. The number of hydrogen-bond acceptors (Lipinski definition) is 0. The molecule has 0 heterocycles. The summed E-state index contributed by atoms with van der Waals surface area (Å²) >= 11 is 0. The molecule has 0 fully saturated rings. The molecule has 2 heteroatoms. The molecule has 0 aromatic heterocycles. The standard InChI is InChI=1S/C21H37S.ClH/c1-4-5-6-7-8-9-10-11-12-13-16-20-17-14-15-18-21(20)19-22(2)3;/h14-15,17-18H,4-13,16,19H2,1-3H3;1H/q+1;/p-1. The van der Waals surface area contributed by atoms with Crippen molar-refractivity contribution in [3.8, 4) is 0 Å². The third kappa shape index (κ3) is 12.0. The van der Waals surface area contributed by atoms with Crippen molar-refractivity contribution in [3.63, 3.8) is 0 Å². The van der Waals surface area contributed by atoms with E-state index in [0.717, 1.165) is 0 Å². The summed E-state index contributed by atoms with van der Waals surface area (Å²) in [5, 5.41) is 0. The van der Waals surface area contributed by atoms with Crippen LogP contribution < -0.4 is 12.4 Å². The Kier molecular flexibility index (Phi) is 15.3. The monoisotopic (exact) mass is 356 g/mol. The summed E-state index contributed by atoms with van der Waals surface area (Å²) < 4.78 is 0. The zero-order valence-corrected chi connectivity index (χ0v) is 17.2. The van der Waals surface area contributed by atoms with Crippen LogP contribution in [0.1, 0.15) is 82.3 Å². The van der Waals surface area contributed by atoms with Crippen molar-refractivity contribution >= 4 is 10.9 Å². The average molecular weight is 357 g/mol. The van der Waals surface area contributed by atoms with Crippen LogP contribution >= 0.6 is 0 Å². The quantitative estimate of drug-likeness (QED) is 0.374. The van der Waals surface area contributed by atoms with Gasteiger partial charge in [-0.15, -0.1) is 0 Å². The lowest BCUT2D eigenvalue weighted by atomic mass is 10.0. The first-order valence-electron chi connectivity index (χ1n) is 9.35. The highest BCUT2D eigenvalue weighted by molar-refractivity contribution is 7.94. The van der Waals surface area contributed by atoms with Crippen molar-refractivity contribution in [2.75, 3.05) is 12.5 Å². The molecule has 0 amide bonds. The molecule has 0 radical (unpaired) electrons. The molecular formula is C21H37ClS. The lowest BCUT2D eigenvalue weighted by molar-refractivity contribution is -0.00000491. The van der Waals surface area contributed by atoms with E-state index < -0.39 is 0 Å². The molecule has 0 nitrogen and oxygen atoms in total. The van der Waals surface area contributed by atoms with Gasteiger partial charge in [-0.25, -0.2) is 0 Å². The Hall–Kier alpha value is -0.140. The fraction of sp³-hybridized carbons (Fsp3) is 0.714. The van der Waals surface area contributed by atoms with Crippen LogP contribution in [0.4, 0.5) is 0 Å². The number of aryl methyl sites for hydroxylation is 1. The molecule has 1 aromatic carbocycles. The zero-order chi connectivity index (χ0) is 16.0. The predicted molar refractivity (Wildman–Crippen MR) is 105 cm³/mol. The molecule has 0 bridgehead atoms. The van der Waals surface area contributed by atoms with Crippen LogP contribution in [0.5, 0.6) is 0 Å². The van der Waals surface area contributed by atoms with E-state index in [2.05, 4.69) is 43.7 Å². The molecule has 0 aliphatic heterocycles. The lowest BCUT2D eigenvalue weighted by Gasteiger charge is -2.08. The fourth-order valence-corrected chi connectivity index (χ4v) is 3.96. The van der Waals surface area contributed by atoms with Gasteiger partial charge < -0.3 is 12.4 Å². The second kappa shape index (κ2) is 15.4. The minimum Gasteiger partial charge on any atom is -1.00 e. The summed E-state index contributed by atoms with van der Waals surface area (Å²) in [6.45, 7) is 2.29. The Labute approximate surface area is 154 Å². The van der Waals surface area contributed by atoms with Gasteiger partial charge in [0.15, 0.2) is 0 Å². The fourth-order valence-electron chi connectivity index (χ4n) is 3.06. The normalized spacial score (nSPS) is 10.8. The van der Waals surface area contributed by atoms with Gasteiger partial charge in [0, 0.05) is 5.56 Å². The van der Waals surface area contributed by atoms with Gasteiger partial charge in [0.2, 0.25) is 0 Å². The highest BCUT2D eigenvalue weighted by Gasteiger charge is 2.08. The first-order valence-corrected chi connectivity index (χ1v) is 11.6. The SMILES string of the molecule is CCCCCCCCCCCCc1ccccc1C[S+](C)C.[Cl-]. The van der Waals surface area contributed by atoms with E-state index in [1.54, 1.807) is 11.1 Å². The van der Waals surface area contributed by atoms with Crippen molar-refractivity contribution in [1.82, 2.24) is 0 Å². The Morgan fingerprint density at radius 2 is 1.17 bits per heavy atom. The second-order valence-electron chi connectivity index (χ2n) is 6.83. The summed E-state index contributed by atoms with van der Waals surface area (Å²) in [7, 11) is 0.508. The van der Waals surface area contributed by atoms with Crippen LogP contribution in [0.25, 0.3) is 0 Å². The molecule has 1 rings (SSSR count). The van der Waals surface area contributed by atoms with Crippen LogP contribution in [-0.4, -0.2) is 12.5 Å². The topological polar surface area (TPSA) is 0 Å². The summed E-state index contributed by atoms with van der Waals surface area (Å²) in [4.78, 5) is 0. The molecule has 0 unspecified atom stereocenters. The molecule has 0 aliphatic carbocycles. The number of rotatable bonds is 13. The molecular weight excluding hydrogens is 320 g/mol. The van der Waals surface area contributed by atoms with E-state index in [0.29, 0.717) is 10.9 Å². The molecule has 0 saturated heterocycles. The molecule has 0 atom stereocenters. The number of halogens is 1. The van der Waals surface area contributed by atoms with Gasteiger partial charge in [0.1, 0.15) is 5.75 Å². The first-order chi connectivity index (χ1) is 10.7. The van der Waals surface area contributed by atoms with E-state index in [1.165, 1.54) is 76.4 Å². The second-order valence-corrected chi connectivity index (χ2v) is 9.09. The van der Waals surface area contributed by atoms with Crippen LogP contribution in [0.15, 0.2) is 24.3 Å². The molecule has 23 heavy (non-hydrogen) atoms.